The van der Waals surface area contributed by atoms with Crippen molar-refractivity contribution in [2.75, 3.05) is 11.9 Å². The number of thiazole rings is 1. The largest absolute Gasteiger partial charge is 0.490 e. The maximum Gasteiger partial charge on any atom is 0.257 e. The zero-order valence-electron chi connectivity index (χ0n) is 16.2. The fourth-order valence-electron chi connectivity index (χ4n) is 2.66. The molecule has 6 nitrogen and oxygen atoms in total. The number of ether oxygens (including phenoxy) is 2. The average molecular weight is 398 g/mol. The van der Waals surface area contributed by atoms with Gasteiger partial charge in [-0.25, -0.2) is 4.98 Å². The first-order valence-electron chi connectivity index (χ1n) is 9.16. The van der Waals surface area contributed by atoms with Gasteiger partial charge in [-0.05, 0) is 44.5 Å². The predicted octanol–water partition coefficient (Wildman–Crippen LogP) is 4.64. The van der Waals surface area contributed by atoms with Crippen molar-refractivity contribution >= 4 is 22.4 Å². The van der Waals surface area contributed by atoms with Gasteiger partial charge in [0.25, 0.3) is 5.91 Å². The number of aryl methyl sites for hydroxylation is 2. The van der Waals surface area contributed by atoms with Gasteiger partial charge in [0.1, 0.15) is 6.61 Å². The summed E-state index contributed by atoms with van der Waals surface area (Å²) in [7, 11) is 0. The van der Waals surface area contributed by atoms with Crippen LogP contribution in [0.1, 0.15) is 40.3 Å². The number of nitrogens with one attached hydrogen (secondary N) is 1. The number of rotatable bonds is 8. The Morgan fingerprint density at radius 3 is 2.71 bits per heavy atom. The highest BCUT2D eigenvalue weighted by Gasteiger charge is 2.14. The molecule has 2 heterocycles. The van der Waals surface area contributed by atoms with Crippen molar-refractivity contribution in [1.29, 1.82) is 0 Å². The molecular weight excluding hydrogens is 374 g/mol. The van der Waals surface area contributed by atoms with Crippen molar-refractivity contribution in [3.8, 4) is 11.5 Å². The molecule has 3 aromatic rings. The lowest BCUT2D eigenvalue weighted by Gasteiger charge is -2.13. The van der Waals surface area contributed by atoms with Gasteiger partial charge in [-0.15, -0.1) is 11.3 Å². The van der Waals surface area contributed by atoms with Crippen LogP contribution in [0.3, 0.4) is 0 Å². The van der Waals surface area contributed by atoms with Crippen molar-refractivity contribution < 1.29 is 14.3 Å². The van der Waals surface area contributed by atoms with E-state index in [1.165, 1.54) is 11.3 Å². The van der Waals surface area contributed by atoms with E-state index in [0.29, 0.717) is 35.4 Å². The Hall–Kier alpha value is -2.93. The Balaban J connectivity index is 1.74. The maximum atomic E-state index is 12.6. The van der Waals surface area contributed by atoms with Gasteiger partial charge in [0.15, 0.2) is 16.6 Å². The Morgan fingerprint density at radius 1 is 1.18 bits per heavy atom. The number of aromatic nitrogens is 2. The van der Waals surface area contributed by atoms with E-state index in [4.69, 9.17) is 9.47 Å². The SMILES string of the molecule is CCOc1cc(C(=O)Nc2nc(CC)c(C)s2)ccc1OCc1cccnc1. The van der Waals surface area contributed by atoms with Crippen LogP contribution in [0, 0.1) is 6.92 Å². The molecule has 1 N–H and O–H groups in total. The molecule has 0 saturated heterocycles. The molecule has 0 radical (unpaired) electrons. The van der Waals surface area contributed by atoms with E-state index >= 15 is 0 Å². The molecule has 0 saturated carbocycles. The molecule has 0 aliphatic heterocycles. The lowest BCUT2D eigenvalue weighted by Crippen LogP contribution is -2.12. The monoisotopic (exact) mass is 397 g/mol. The molecular formula is C21H23N3O3S. The molecule has 0 aliphatic carbocycles. The summed E-state index contributed by atoms with van der Waals surface area (Å²) in [6.07, 6.45) is 4.31. The van der Waals surface area contributed by atoms with Gasteiger partial charge < -0.3 is 9.47 Å². The summed E-state index contributed by atoms with van der Waals surface area (Å²) < 4.78 is 11.5. The summed E-state index contributed by atoms with van der Waals surface area (Å²) in [5, 5.41) is 3.47. The quantitative estimate of drug-likeness (QED) is 0.599. The van der Waals surface area contributed by atoms with Crippen molar-refractivity contribution in [1.82, 2.24) is 9.97 Å². The first kappa shape index (κ1) is 19.8. The van der Waals surface area contributed by atoms with Crippen LogP contribution in [-0.4, -0.2) is 22.5 Å². The second kappa shape index (κ2) is 9.32. The minimum Gasteiger partial charge on any atom is -0.490 e. The lowest BCUT2D eigenvalue weighted by molar-refractivity contribution is 0.102. The van der Waals surface area contributed by atoms with Crippen LogP contribution in [0.25, 0.3) is 0 Å². The topological polar surface area (TPSA) is 73.3 Å². The summed E-state index contributed by atoms with van der Waals surface area (Å²) in [5.41, 5.74) is 2.45. The van der Waals surface area contributed by atoms with Gasteiger partial charge in [-0.3, -0.25) is 15.1 Å². The third kappa shape index (κ3) is 4.86. The van der Waals surface area contributed by atoms with Crippen LogP contribution in [-0.2, 0) is 13.0 Å². The van der Waals surface area contributed by atoms with Crippen LogP contribution in [0.4, 0.5) is 5.13 Å². The zero-order chi connectivity index (χ0) is 19.9. The second-order valence-corrected chi connectivity index (χ2v) is 7.28. The van der Waals surface area contributed by atoms with Crippen LogP contribution in [0.15, 0.2) is 42.7 Å². The molecule has 0 unspecified atom stereocenters. The van der Waals surface area contributed by atoms with Crippen molar-refractivity contribution in [3.05, 3.63) is 64.4 Å². The molecule has 1 amide bonds. The third-order valence-electron chi connectivity index (χ3n) is 4.07. The molecule has 146 valence electrons. The molecule has 7 heteroatoms. The summed E-state index contributed by atoms with van der Waals surface area (Å²) >= 11 is 1.48. The number of benzene rings is 1. The highest BCUT2D eigenvalue weighted by molar-refractivity contribution is 7.15. The van der Waals surface area contributed by atoms with E-state index in [2.05, 4.69) is 15.3 Å². The summed E-state index contributed by atoms with van der Waals surface area (Å²) in [6.45, 7) is 6.79. The van der Waals surface area contributed by atoms with Gasteiger partial charge in [0.05, 0.1) is 12.3 Å². The lowest BCUT2D eigenvalue weighted by atomic mass is 10.2. The van der Waals surface area contributed by atoms with E-state index in [9.17, 15) is 4.79 Å². The van der Waals surface area contributed by atoms with Crippen LogP contribution in [0.5, 0.6) is 11.5 Å². The molecule has 3 rings (SSSR count). The molecule has 2 aromatic heterocycles. The number of pyridine rings is 1. The summed E-state index contributed by atoms with van der Waals surface area (Å²) in [6, 6.07) is 8.96. The van der Waals surface area contributed by atoms with E-state index in [1.54, 1.807) is 30.6 Å². The van der Waals surface area contributed by atoms with E-state index in [0.717, 1.165) is 22.6 Å². The first-order chi connectivity index (χ1) is 13.6. The smallest absolute Gasteiger partial charge is 0.257 e. The average Bonchev–Trinajstić information content (AvgIpc) is 3.07. The number of nitrogens with zero attached hydrogens (tertiary/aromatic N) is 2. The number of amides is 1. The van der Waals surface area contributed by atoms with Crippen molar-refractivity contribution in [3.63, 3.8) is 0 Å². The minimum absolute atomic E-state index is 0.226. The Kier molecular flexibility index (Phi) is 6.60. The van der Waals surface area contributed by atoms with Gasteiger partial charge in [0.2, 0.25) is 0 Å². The van der Waals surface area contributed by atoms with Gasteiger partial charge in [-0.1, -0.05) is 13.0 Å². The van der Waals surface area contributed by atoms with Crippen molar-refractivity contribution in [2.45, 2.75) is 33.8 Å². The Labute approximate surface area is 168 Å². The van der Waals surface area contributed by atoms with Crippen LogP contribution >= 0.6 is 11.3 Å². The number of hydrogen-bond acceptors (Lipinski definition) is 6. The number of hydrogen-bond donors (Lipinski definition) is 1. The third-order valence-corrected chi connectivity index (χ3v) is 5.00. The maximum absolute atomic E-state index is 12.6. The highest BCUT2D eigenvalue weighted by Crippen LogP contribution is 2.30. The minimum atomic E-state index is -0.226. The van der Waals surface area contributed by atoms with Gasteiger partial charge >= 0.3 is 0 Å². The molecule has 28 heavy (non-hydrogen) atoms. The Bertz CT molecular complexity index is 941. The van der Waals surface area contributed by atoms with Crippen LogP contribution in [0.2, 0.25) is 0 Å². The normalized spacial score (nSPS) is 10.5. The number of anilines is 1. The predicted molar refractivity (Wildman–Crippen MR) is 110 cm³/mol. The zero-order valence-corrected chi connectivity index (χ0v) is 17.0. The van der Waals surface area contributed by atoms with Gasteiger partial charge in [-0.2, -0.15) is 0 Å². The van der Waals surface area contributed by atoms with E-state index < -0.39 is 0 Å². The number of carbonyl (C=O) groups excluding carboxylic acids is 1. The van der Waals surface area contributed by atoms with Crippen molar-refractivity contribution in [2.24, 2.45) is 0 Å². The fourth-order valence-corrected chi connectivity index (χ4v) is 3.56. The molecule has 0 fully saturated rings. The molecule has 0 spiro atoms. The standard InChI is InChI=1S/C21H23N3O3S/c1-4-17-14(3)28-21(23-17)24-20(25)16-8-9-18(19(11-16)26-5-2)27-13-15-7-6-10-22-12-15/h6-12H,4-5,13H2,1-3H3,(H,23,24,25). The highest BCUT2D eigenvalue weighted by atomic mass is 32.1. The summed E-state index contributed by atoms with van der Waals surface area (Å²) in [5.74, 6) is 0.889. The number of carbonyl (C=O) groups is 1. The Morgan fingerprint density at radius 2 is 2.04 bits per heavy atom. The molecule has 0 atom stereocenters. The van der Waals surface area contributed by atoms with E-state index in [1.807, 2.05) is 32.9 Å². The first-order valence-corrected chi connectivity index (χ1v) is 9.98. The van der Waals surface area contributed by atoms with Crippen LogP contribution < -0.4 is 14.8 Å². The second-order valence-electron chi connectivity index (χ2n) is 6.07. The van der Waals surface area contributed by atoms with E-state index in [-0.39, 0.29) is 5.91 Å². The molecule has 0 bridgehead atoms. The fraction of sp³-hybridized carbons (Fsp3) is 0.286. The molecule has 1 aromatic carbocycles. The summed E-state index contributed by atoms with van der Waals surface area (Å²) in [4.78, 5) is 22.3. The molecule has 0 aliphatic rings. The van der Waals surface area contributed by atoms with Gasteiger partial charge in [0, 0.05) is 28.4 Å².